The lowest BCUT2D eigenvalue weighted by atomic mass is 10.3. The number of ether oxygens (including phenoxy) is 1. The van der Waals surface area contributed by atoms with E-state index in [9.17, 15) is 9.59 Å². The molecule has 0 saturated carbocycles. The van der Waals surface area contributed by atoms with Crippen LogP contribution in [0.15, 0.2) is 48.5 Å². The molecule has 25 heavy (non-hydrogen) atoms. The number of benzene rings is 2. The van der Waals surface area contributed by atoms with Gasteiger partial charge in [0, 0.05) is 16.4 Å². The SMILES string of the molecule is COc1ccc(NC(=O)C[NH+](C)CC(=O)Nc2ccc(Cl)cc2)cc1. The first-order valence-electron chi connectivity index (χ1n) is 7.77. The maximum atomic E-state index is 12.0. The van der Waals surface area contributed by atoms with Crippen molar-refractivity contribution in [1.82, 2.24) is 0 Å². The van der Waals surface area contributed by atoms with Crippen LogP contribution in [0.1, 0.15) is 0 Å². The van der Waals surface area contributed by atoms with Crippen LogP contribution in [0.2, 0.25) is 5.02 Å². The molecule has 0 aliphatic heterocycles. The van der Waals surface area contributed by atoms with E-state index in [4.69, 9.17) is 16.3 Å². The number of quaternary nitrogens is 1. The third kappa shape index (κ3) is 6.45. The summed E-state index contributed by atoms with van der Waals surface area (Å²) in [7, 11) is 3.37. The number of rotatable bonds is 7. The molecule has 0 radical (unpaired) electrons. The highest BCUT2D eigenvalue weighted by molar-refractivity contribution is 6.30. The molecule has 0 aliphatic carbocycles. The van der Waals surface area contributed by atoms with E-state index in [1.165, 1.54) is 0 Å². The molecule has 2 aromatic carbocycles. The van der Waals surface area contributed by atoms with Crippen LogP contribution < -0.4 is 20.3 Å². The molecule has 0 saturated heterocycles. The van der Waals surface area contributed by atoms with Crippen LogP contribution in [0, 0.1) is 0 Å². The first kappa shape index (κ1) is 18.8. The van der Waals surface area contributed by atoms with Crippen molar-refractivity contribution in [3.63, 3.8) is 0 Å². The predicted molar refractivity (Wildman–Crippen MR) is 98.3 cm³/mol. The predicted octanol–water partition coefficient (Wildman–Crippen LogP) is 1.44. The van der Waals surface area contributed by atoms with Gasteiger partial charge in [-0.3, -0.25) is 9.59 Å². The summed E-state index contributed by atoms with van der Waals surface area (Å²) in [6.07, 6.45) is 0. The highest BCUT2D eigenvalue weighted by Crippen LogP contribution is 2.14. The highest BCUT2D eigenvalue weighted by Gasteiger charge is 2.14. The molecular weight excluding hydrogens is 342 g/mol. The van der Waals surface area contributed by atoms with Gasteiger partial charge in [-0.15, -0.1) is 0 Å². The number of carbonyl (C=O) groups excluding carboxylic acids is 2. The standard InChI is InChI=1S/C18H20ClN3O3/c1-22(11-17(23)20-14-5-3-13(19)4-6-14)12-18(24)21-15-7-9-16(25-2)10-8-15/h3-10H,11-12H2,1-2H3,(H,20,23)(H,21,24)/p+1. The molecular formula is C18H21ClN3O3+. The Balaban J connectivity index is 1.77. The van der Waals surface area contributed by atoms with E-state index in [2.05, 4.69) is 10.6 Å². The van der Waals surface area contributed by atoms with Gasteiger partial charge >= 0.3 is 0 Å². The van der Waals surface area contributed by atoms with Crippen LogP contribution in [0.25, 0.3) is 0 Å². The molecule has 6 nitrogen and oxygen atoms in total. The molecule has 2 rings (SSSR count). The van der Waals surface area contributed by atoms with Gasteiger partial charge in [0.05, 0.1) is 14.2 Å². The number of hydrogen-bond acceptors (Lipinski definition) is 3. The molecule has 0 fully saturated rings. The van der Waals surface area contributed by atoms with Gasteiger partial charge in [0.15, 0.2) is 13.1 Å². The maximum absolute atomic E-state index is 12.0. The van der Waals surface area contributed by atoms with Crippen LogP contribution in [0.3, 0.4) is 0 Å². The second-order valence-electron chi connectivity index (χ2n) is 5.64. The summed E-state index contributed by atoms with van der Waals surface area (Å²) >= 11 is 5.81. The first-order valence-corrected chi connectivity index (χ1v) is 8.14. The van der Waals surface area contributed by atoms with Crippen LogP contribution in [0.5, 0.6) is 5.75 Å². The Labute approximate surface area is 151 Å². The van der Waals surface area contributed by atoms with Crippen molar-refractivity contribution in [2.45, 2.75) is 0 Å². The Bertz CT molecular complexity index is 717. The fourth-order valence-electron chi connectivity index (χ4n) is 2.23. The quantitative estimate of drug-likeness (QED) is 0.698. The number of carbonyl (C=O) groups is 2. The molecule has 0 bridgehead atoms. The van der Waals surface area contributed by atoms with Gasteiger partial charge in [0.25, 0.3) is 11.8 Å². The summed E-state index contributed by atoms with van der Waals surface area (Å²) in [5, 5.41) is 6.17. The Hall–Kier alpha value is -2.57. The van der Waals surface area contributed by atoms with Gasteiger partial charge in [-0.1, -0.05) is 11.6 Å². The minimum absolute atomic E-state index is 0.165. The van der Waals surface area contributed by atoms with Gasteiger partial charge in [-0.05, 0) is 48.5 Å². The lowest BCUT2D eigenvalue weighted by molar-refractivity contribution is -0.862. The van der Waals surface area contributed by atoms with Crippen molar-refractivity contribution in [3.05, 3.63) is 53.6 Å². The van der Waals surface area contributed by atoms with E-state index in [1.807, 2.05) is 0 Å². The zero-order chi connectivity index (χ0) is 18.2. The average molecular weight is 363 g/mol. The van der Waals surface area contributed by atoms with Gasteiger partial charge in [0.2, 0.25) is 0 Å². The first-order chi connectivity index (χ1) is 12.0. The van der Waals surface area contributed by atoms with Crippen molar-refractivity contribution < 1.29 is 19.2 Å². The maximum Gasteiger partial charge on any atom is 0.279 e. The zero-order valence-electron chi connectivity index (χ0n) is 14.1. The highest BCUT2D eigenvalue weighted by atomic mass is 35.5. The molecule has 0 heterocycles. The molecule has 1 atom stereocenters. The summed E-state index contributed by atoms with van der Waals surface area (Å²) in [4.78, 5) is 24.8. The zero-order valence-corrected chi connectivity index (χ0v) is 14.9. The van der Waals surface area contributed by atoms with Crippen molar-refractivity contribution in [1.29, 1.82) is 0 Å². The third-order valence-electron chi connectivity index (χ3n) is 3.43. The van der Waals surface area contributed by atoms with E-state index >= 15 is 0 Å². The molecule has 132 valence electrons. The summed E-state index contributed by atoms with van der Waals surface area (Å²) in [6, 6.07) is 13.9. The van der Waals surface area contributed by atoms with Crippen molar-refractivity contribution >= 4 is 34.8 Å². The van der Waals surface area contributed by atoms with Gasteiger partial charge in [-0.25, -0.2) is 0 Å². The molecule has 2 aromatic rings. The second-order valence-corrected chi connectivity index (χ2v) is 6.08. The van der Waals surface area contributed by atoms with E-state index in [1.54, 1.807) is 62.7 Å². The summed E-state index contributed by atoms with van der Waals surface area (Å²) < 4.78 is 5.07. The summed E-state index contributed by atoms with van der Waals surface area (Å²) in [5.74, 6) is 0.388. The van der Waals surface area contributed by atoms with Crippen molar-refractivity contribution in [3.8, 4) is 5.75 Å². The Morgan fingerprint density at radius 3 is 1.80 bits per heavy atom. The molecule has 1 unspecified atom stereocenters. The van der Waals surface area contributed by atoms with E-state index in [0.29, 0.717) is 16.4 Å². The monoisotopic (exact) mass is 362 g/mol. The number of anilines is 2. The van der Waals surface area contributed by atoms with Crippen molar-refractivity contribution in [2.24, 2.45) is 0 Å². The normalized spacial score (nSPS) is 11.5. The molecule has 0 aromatic heterocycles. The Morgan fingerprint density at radius 2 is 1.36 bits per heavy atom. The number of nitrogens with one attached hydrogen (secondary N) is 3. The number of hydrogen-bond donors (Lipinski definition) is 3. The van der Waals surface area contributed by atoms with E-state index in [-0.39, 0.29) is 24.9 Å². The topological polar surface area (TPSA) is 71.9 Å². The van der Waals surface area contributed by atoms with Crippen LogP contribution in [0.4, 0.5) is 11.4 Å². The lowest BCUT2D eigenvalue weighted by Gasteiger charge is -2.14. The summed E-state index contributed by atoms with van der Waals surface area (Å²) in [6.45, 7) is 0.360. The van der Waals surface area contributed by atoms with E-state index in [0.717, 1.165) is 10.6 Å². The van der Waals surface area contributed by atoms with Crippen molar-refractivity contribution in [2.75, 3.05) is 37.9 Å². The van der Waals surface area contributed by atoms with E-state index < -0.39 is 0 Å². The van der Waals surface area contributed by atoms with Crippen LogP contribution in [-0.4, -0.2) is 39.1 Å². The second kappa shape index (κ2) is 9.05. The minimum atomic E-state index is -0.169. The van der Waals surface area contributed by atoms with Gasteiger partial charge in [-0.2, -0.15) is 0 Å². The smallest absolute Gasteiger partial charge is 0.279 e. The lowest BCUT2D eigenvalue weighted by Crippen LogP contribution is -3.11. The summed E-state index contributed by atoms with van der Waals surface area (Å²) in [5.41, 5.74) is 1.36. The molecule has 7 heteroatoms. The molecule has 2 amide bonds. The fourth-order valence-corrected chi connectivity index (χ4v) is 2.35. The molecule has 0 aliphatic rings. The minimum Gasteiger partial charge on any atom is -0.497 e. The average Bonchev–Trinajstić information content (AvgIpc) is 2.57. The number of halogens is 1. The Morgan fingerprint density at radius 1 is 0.920 bits per heavy atom. The third-order valence-corrected chi connectivity index (χ3v) is 3.68. The largest absolute Gasteiger partial charge is 0.497 e. The fraction of sp³-hybridized carbons (Fsp3) is 0.222. The number of methoxy groups -OCH3 is 1. The van der Waals surface area contributed by atoms with Gasteiger partial charge < -0.3 is 20.3 Å². The number of likely N-dealkylation sites (N-methyl/N-ethyl adjacent to an activating group) is 1. The Kier molecular flexibility index (Phi) is 6.80. The van der Waals surface area contributed by atoms with Gasteiger partial charge in [0.1, 0.15) is 5.75 Å². The van der Waals surface area contributed by atoms with Crippen LogP contribution in [-0.2, 0) is 9.59 Å². The molecule has 0 spiro atoms. The number of amides is 2. The van der Waals surface area contributed by atoms with Crippen LogP contribution >= 0.6 is 11.6 Å². The molecule has 3 N–H and O–H groups in total.